The number of hydrogen-bond donors (Lipinski definition) is 2. The number of likely N-dealkylation sites (tertiary alicyclic amines) is 1. The lowest BCUT2D eigenvalue weighted by atomic mass is 9.91. The maximum Gasteiger partial charge on any atom is 0.242 e. The van der Waals surface area contributed by atoms with Crippen LogP contribution in [0.2, 0.25) is 0 Å². The van der Waals surface area contributed by atoms with Crippen LogP contribution in [0.25, 0.3) is 0 Å². The number of aryl methyl sites for hydroxylation is 1. The molecule has 1 aromatic carbocycles. The molecule has 1 heterocycles. The SMILES string of the molecule is CCCC(C)(N)C(=O)N1CCC(C(=O)NCc2ccc(C)c(F)c2)CC1. The van der Waals surface area contributed by atoms with Gasteiger partial charge in [0.2, 0.25) is 11.8 Å². The molecule has 1 aliphatic rings. The maximum absolute atomic E-state index is 13.6. The molecule has 0 aliphatic carbocycles. The van der Waals surface area contributed by atoms with E-state index in [2.05, 4.69) is 5.32 Å². The first kappa shape index (κ1) is 20.4. The van der Waals surface area contributed by atoms with E-state index in [4.69, 9.17) is 5.73 Å². The Morgan fingerprint density at radius 2 is 2.00 bits per heavy atom. The minimum absolute atomic E-state index is 0.0339. The predicted molar refractivity (Wildman–Crippen MR) is 99.8 cm³/mol. The van der Waals surface area contributed by atoms with Crippen molar-refractivity contribution >= 4 is 11.8 Å². The number of halogens is 1. The van der Waals surface area contributed by atoms with Gasteiger partial charge in [0, 0.05) is 25.6 Å². The molecular formula is C20H30FN3O2. The zero-order valence-corrected chi connectivity index (χ0v) is 16.0. The van der Waals surface area contributed by atoms with Crippen molar-refractivity contribution in [2.45, 2.75) is 58.5 Å². The second kappa shape index (κ2) is 8.62. The molecule has 1 aromatic rings. The van der Waals surface area contributed by atoms with Crippen LogP contribution in [-0.4, -0.2) is 35.3 Å². The second-order valence-corrected chi connectivity index (χ2v) is 7.54. The van der Waals surface area contributed by atoms with Gasteiger partial charge < -0.3 is 16.0 Å². The van der Waals surface area contributed by atoms with Gasteiger partial charge in [0.25, 0.3) is 0 Å². The number of hydrogen-bond acceptors (Lipinski definition) is 3. The molecule has 1 saturated heterocycles. The number of amides is 2. The van der Waals surface area contributed by atoms with Crippen molar-refractivity contribution in [2.75, 3.05) is 13.1 Å². The van der Waals surface area contributed by atoms with Crippen LogP contribution < -0.4 is 11.1 Å². The number of nitrogens with two attached hydrogens (primary N) is 1. The molecule has 0 spiro atoms. The van der Waals surface area contributed by atoms with E-state index in [-0.39, 0.29) is 23.5 Å². The fourth-order valence-corrected chi connectivity index (χ4v) is 3.41. The van der Waals surface area contributed by atoms with Gasteiger partial charge in [0.1, 0.15) is 5.82 Å². The number of carbonyl (C=O) groups is 2. The van der Waals surface area contributed by atoms with Gasteiger partial charge in [0.15, 0.2) is 0 Å². The molecule has 1 atom stereocenters. The van der Waals surface area contributed by atoms with Crippen LogP contribution in [0.5, 0.6) is 0 Å². The quantitative estimate of drug-likeness (QED) is 0.815. The standard InChI is InChI=1S/C20H30FN3O2/c1-4-9-20(3,22)19(26)24-10-7-16(8-11-24)18(25)23-13-15-6-5-14(2)17(21)12-15/h5-6,12,16H,4,7-11,13,22H2,1-3H3,(H,23,25). The van der Waals surface area contributed by atoms with Crippen molar-refractivity contribution in [1.82, 2.24) is 10.2 Å². The van der Waals surface area contributed by atoms with E-state index < -0.39 is 5.54 Å². The Balaban J connectivity index is 1.82. The van der Waals surface area contributed by atoms with E-state index in [9.17, 15) is 14.0 Å². The minimum atomic E-state index is -0.834. The number of nitrogens with one attached hydrogen (secondary N) is 1. The van der Waals surface area contributed by atoms with Gasteiger partial charge in [-0.2, -0.15) is 0 Å². The molecule has 0 bridgehead atoms. The van der Waals surface area contributed by atoms with Crippen LogP contribution in [0.1, 0.15) is 50.7 Å². The number of rotatable bonds is 6. The molecule has 6 heteroatoms. The first-order chi connectivity index (χ1) is 12.2. The monoisotopic (exact) mass is 363 g/mol. The summed E-state index contributed by atoms with van der Waals surface area (Å²) >= 11 is 0. The van der Waals surface area contributed by atoms with E-state index in [0.29, 0.717) is 44.5 Å². The third-order valence-corrected chi connectivity index (χ3v) is 5.11. The maximum atomic E-state index is 13.6. The molecule has 1 aliphatic heterocycles. The van der Waals surface area contributed by atoms with Crippen LogP contribution in [0.15, 0.2) is 18.2 Å². The van der Waals surface area contributed by atoms with Crippen LogP contribution in [0, 0.1) is 18.7 Å². The van der Waals surface area contributed by atoms with Gasteiger partial charge in [-0.15, -0.1) is 0 Å². The summed E-state index contributed by atoms with van der Waals surface area (Å²) < 4.78 is 13.6. The lowest BCUT2D eigenvalue weighted by Gasteiger charge is -2.36. The highest BCUT2D eigenvalue weighted by molar-refractivity contribution is 5.86. The summed E-state index contributed by atoms with van der Waals surface area (Å²) in [6, 6.07) is 4.98. The van der Waals surface area contributed by atoms with Crippen LogP contribution >= 0.6 is 0 Å². The zero-order valence-electron chi connectivity index (χ0n) is 16.0. The molecule has 1 fully saturated rings. The van der Waals surface area contributed by atoms with Crippen molar-refractivity contribution < 1.29 is 14.0 Å². The summed E-state index contributed by atoms with van der Waals surface area (Å²) in [5, 5.41) is 2.88. The highest BCUT2D eigenvalue weighted by atomic mass is 19.1. The molecule has 0 saturated carbocycles. The van der Waals surface area contributed by atoms with Crippen molar-refractivity contribution in [3.63, 3.8) is 0 Å². The Morgan fingerprint density at radius 3 is 2.58 bits per heavy atom. The molecule has 0 radical (unpaired) electrons. The Bertz CT molecular complexity index is 652. The summed E-state index contributed by atoms with van der Waals surface area (Å²) in [5.74, 6) is -0.458. The zero-order chi connectivity index (χ0) is 19.3. The molecule has 26 heavy (non-hydrogen) atoms. The molecule has 3 N–H and O–H groups in total. The number of carbonyl (C=O) groups excluding carboxylic acids is 2. The summed E-state index contributed by atoms with van der Waals surface area (Å²) in [6.45, 7) is 6.90. The highest BCUT2D eigenvalue weighted by Crippen LogP contribution is 2.21. The number of nitrogens with zero attached hydrogens (tertiary/aromatic N) is 1. The second-order valence-electron chi connectivity index (χ2n) is 7.54. The van der Waals surface area contributed by atoms with Gasteiger partial charge >= 0.3 is 0 Å². The lowest BCUT2D eigenvalue weighted by molar-refractivity contribution is -0.140. The topological polar surface area (TPSA) is 75.4 Å². The van der Waals surface area contributed by atoms with Crippen molar-refractivity contribution in [2.24, 2.45) is 11.7 Å². The first-order valence-corrected chi connectivity index (χ1v) is 9.35. The fraction of sp³-hybridized carbons (Fsp3) is 0.600. The van der Waals surface area contributed by atoms with Crippen molar-refractivity contribution in [1.29, 1.82) is 0 Å². The Labute approximate surface area is 155 Å². The van der Waals surface area contributed by atoms with E-state index in [1.807, 2.05) is 13.0 Å². The van der Waals surface area contributed by atoms with Gasteiger partial charge in [-0.1, -0.05) is 25.5 Å². The minimum Gasteiger partial charge on any atom is -0.352 e. The highest BCUT2D eigenvalue weighted by Gasteiger charge is 2.35. The third kappa shape index (κ3) is 5.04. The fourth-order valence-electron chi connectivity index (χ4n) is 3.41. The van der Waals surface area contributed by atoms with Gasteiger partial charge in [-0.05, 0) is 50.3 Å². The van der Waals surface area contributed by atoms with E-state index in [1.165, 1.54) is 6.07 Å². The molecule has 1 unspecified atom stereocenters. The number of piperidine rings is 1. The van der Waals surface area contributed by atoms with E-state index >= 15 is 0 Å². The molecule has 5 nitrogen and oxygen atoms in total. The van der Waals surface area contributed by atoms with Gasteiger partial charge in [-0.3, -0.25) is 9.59 Å². The molecular weight excluding hydrogens is 333 g/mol. The normalized spacial score (nSPS) is 17.7. The van der Waals surface area contributed by atoms with Crippen molar-refractivity contribution in [3.8, 4) is 0 Å². The van der Waals surface area contributed by atoms with Gasteiger partial charge in [-0.25, -0.2) is 4.39 Å². The largest absolute Gasteiger partial charge is 0.352 e. The first-order valence-electron chi connectivity index (χ1n) is 9.35. The lowest BCUT2D eigenvalue weighted by Crippen LogP contribution is -2.55. The average Bonchev–Trinajstić information content (AvgIpc) is 2.62. The van der Waals surface area contributed by atoms with E-state index in [0.717, 1.165) is 12.0 Å². The summed E-state index contributed by atoms with van der Waals surface area (Å²) in [6.07, 6.45) is 2.76. The summed E-state index contributed by atoms with van der Waals surface area (Å²) in [5.41, 5.74) is 6.63. The molecule has 144 valence electrons. The number of benzene rings is 1. The molecule has 0 aromatic heterocycles. The average molecular weight is 363 g/mol. The smallest absolute Gasteiger partial charge is 0.242 e. The van der Waals surface area contributed by atoms with Gasteiger partial charge in [0.05, 0.1) is 5.54 Å². The Morgan fingerprint density at radius 1 is 1.35 bits per heavy atom. The Hall–Kier alpha value is -1.95. The van der Waals surface area contributed by atoms with Crippen LogP contribution in [0.3, 0.4) is 0 Å². The summed E-state index contributed by atoms with van der Waals surface area (Å²) in [4.78, 5) is 26.7. The molecule has 2 rings (SSSR count). The predicted octanol–water partition coefficient (Wildman–Crippen LogP) is 2.51. The Kier molecular flexibility index (Phi) is 6.75. The van der Waals surface area contributed by atoms with Crippen LogP contribution in [-0.2, 0) is 16.1 Å². The molecule has 2 amide bonds. The summed E-state index contributed by atoms with van der Waals surface area (Å²) in [7, 11) is 0. The van der Waals surface area contributed by atoms with Crippen molar-refractivity contribution in [3.05, 3.63) is 35.1 Å². The van der Waals surface area contributed by atoms with E-state index in [1.54, 1.807) is 24.8 Å². The third-order valence-electron chi connectivity index (χ3n) is 5.11. The van der Waals surface area contributed by atoms with Crippen LogP contribution in [0.4, 0.5) is 4.39 Å².